The SMILES string of the molecule is CCCCCC(=O)N1CCN(c2cc(Oc3ccc(F)c(F)c3)ncn2)C[C@H]1C. The minimum atomic E-state index is -0.981. The normalized spacial score (nSPS) is 16.8. The highest BCUT2D eigenvalue weighted by atomic mass is 19.2. The number of ether oxygens (including phenoxy) is 1. The molecule has 156 valence electrons. The Bertz CT molecular complexity index is 849. The van der Waals surface area contributed by atoms with Crippen molar-refractivity contribution in [2.75, 3.05) is 24.5 Å². The van der Waals surface area contributed by atoms with Crippen LogP contribution in [0, 0.1) is 11.6 Å². The molecule has 1 saturated heterocycles. The summed E-state index contributed by atoms with van der Waals surface area (Å²) in [5.74, 6) is -0.642. The second kappa shape index (κ2) is 9.62. The molecule has 2 heterocycles. The Kier molecular flexibility index (Phi) is 6.95. The first-order valence-electron chi connectivity index (χ1n) is 9.97. The summed E-state index contributed by atoms with van der Waals surface area (Å²) in [5.41, 5.74) is 0. The van der Waals surface area contributed by atoms with Gasteiger partial charge in [-0.2, -0.15) is 0 Å². The lowest BCUT2D eigenvalue weighted by Gasteiger charge is -2.40. The van der Waals surface area contributed by atoms with Crippen LogP contribution in [0.3, 0.4) is 0 Å². The third kappa shape index (κ3) is 5.40. The van der Waals surface area contributed by atoms with Gasteiger partial charge in [-0.15, -0.1) is 0 Å². The van der Waals surface area contributed by atoms with Crippen molar-refractivity contribution in [3.8, 4) is 11.6 Å². The minimum Gasteiger partial charge on any atom is -0.439 e. The summed E-state index contributed by atoms with van der Waals surface area (Å²) in [6, 6.07) is 5.05. The molecule has 1 amide bonds. The van der Waals surface area contributed by atoms with E-state index < -0.39 is 11.6 Å². The van der Waals surface area contributed by atoms with Crippen LogP contribution in [-0.2, 0) is 4.79 Å². The first-order chi connectivity index (χ1) is 14.0. The lowest BCUT2D eigenvalue weighted by Crippen LogP contribution is -2.54. The number of anilines is 1. The Balaban J connectivity index is 1.62. The van der Waals surface area contributed by atoms with Gasteiger partial charge in [0.1, 0.15) is 17.9 Å². The number of hydrogen-bond acceptors (Lipinski definition) is 5. The number of benzene rings is 1. The van der Waals surface area contributed by atoms with E-state index in [1.165, 1.54) is 12.4 Å². The fraction of sp³-hybridized carbons (Fsp3) is 0.476. The Morgan fingerprint density at radius 1 is 1.17 bits per heavy atom. The fourth-order valence-electron chi connectivity index (χ4n) is 3.43. The van der Waals surface area contributed by atoms with Crippen LogP contribution >= 0.6 is 0 Å². The van der Waals surface area contributed by atoms with Crippen LogP contribution in [-0.4, -0.2) is 46.5 Å². The van der Waals surface area contributed by atoms with Crippen LogP contribution in [0.4, 0.5) is 14.6 Å². The summed E-state index contributed by atoms with van der Waals surface area (Å²) in [7, 11) is 0. The molecule has 3 rings (SSSR count). The number of aromatic nitrogens is 2. The zero-order valence-electron chi connectivity index (χ0n) is 16.8. The van der Waals surface area contributed by atoms with Gasteiger partial charge in [0.05, 0.1) is 0 Å². The number of amides is 1. The van der Waals surface area contributed by atoms with Crippen LogP contribution in [0.5, 0.6) is 11.6 Å². The average Bonchev–Trinajstić information content (AvgIpc) is 2.71. The third-order valence-corrected chi connectivity index (χ3v) is 5.01. The van der Waals surface area contributed by atoms with Crippen molar-refractivity contribution >= 4 is 11.7 Å². The van der Waals surface area contributed by atoms with Gasteiger partial charge in [-0.1, -0.05) is 19.8 Å². The molecule has 1 aliphatic heterocycles. The Labute approximate surface area is 169 Å². The Hall–Kier alpha value is -2.77. The highest BCUT2D eigenvalue weighted by molar-refractivity contribution is 5.76. The van der Waals surface area contributed by atoms with E-state index in [1.54, 1.807) is 6.07 Å². The summed E-state index contributed by atoms with van der Waals surface area (Å²) in [5, 5.41) is 0. The molecule has 0 N–H and O–H groups in total. The summed E-state index contributed by atoms with van der Waals surface area (Å²) in [6.45, 7) is 6.10. The minimum absolute atomic E-state index is 0.0726. The van der Waals surface area contributed by atoms with Crippen molar-refractivity contribution in [2.24, 2.45) is 0 Å². The van der Waals surface area contributed by atoms with E-state index in [4.69, 9.17) is 4.74 Å². The van der Waals surface area contributed by atoms with Gasteiger partial charge in [-0.05, 0) is 25.5 Å². The van der Waals surface area contributed by atoms with E-state index in [0.717, 1.165) is 31.4 Å². The standard InChI is InChI=1S/C21H26F2N4O2/c1-3-4-5-6-21(28)27-10-9-26(13-15(27)2)19-12-20(25-14-24-19)29-16-7-8-17(22)18(23)11-16/h7-8,11-12,14-15H,3-6,9-10,13H2,1-2H3/t15-/m1/s1. The maximum absolute atomic E-state index is 13.4. The predicted molar refractivity (Wildman–Crippen MR) is 106 cm³/mol. The summed E-state index contributed by atoms with van der Waals surface area (Å²) in [4.78, 5) is 24.8. The molecule has 1 aromatic carbocycles. The van der Waals surface area contributed by atoms with Crippen molar-refractivity contribution in [3.05, 3.63) is 42.2 Å². The molecule has 0 saturated carbocycles. The van der Waals surface area contributed by atoms with E-state index in [-0.39, 0.29) is 23.6 Å². The first-order valence-corrected chi connectivity index (χ1v) is 9.97. The topological polar surface area (TPSA) is 58.6 Å². The zero-order chi connectivity index (χ0) is 20.8. The highest BCUT2D eigenvalue weighted by Crippen LogP contribution is 2.25. The van der Waals surface area contributed by atoms with Gasteiger partial charge < -0.3 is 14.5 Å². The van der Waals surface area contributed by atoms with Crippen LogP contribution < -0.4 is 9.64 Å². The number of nitrogens with zero attached hydrogens (tertiary/aromatic N) is 4. The second-order valence-corrected chi connectivity index (χ2v) is 7.23. The molecule has 0 spiro atoms. The zero-order valence-corrected chi connectivity index (χ0v) is 16.8. The highest BCUT2D eigenvalue weighted by Gasteiger charge is 2.27. The van der Waals surface area contributed by atoms with E-state index in [0.29, 0.717) is 31.9 Å². The van der Waals surface area contributed by atoms with Crippen LogP contribution in [0.25, 0.3) is 0 Å². The average molecular weight is 404 g/mol. The number of carbonyl (C=O) groups is 1. The van der Waals surface area contributed by atoms with E-state index >= 15 is 0 Å². The molecule has 0 aliphatic carbocycles. The number of unbranched alkanes of at least 4 members (excludes halogenated alkanes) is 2. The molecule has 2 aromatic rings. The molecule has 0 radical (unpaired) electrons. The molecule has 8 heteroatoms. The van der Waals surface area contributed by atoms with Crippen LogP contribution in [0.2, 0.25) is 0 Å². The first kappa shape index (κ1) is 21.0. The third-order valence-electron chi connectivity index (χ3n) is 5.01. The Morgan fingerprint density at radius 2 is 2.00 bits per heavy atom. The Morgan fingerprint density at radius 3 is 2.72 bits per heavy atom. The van der Waals surface area contributed by atoms with E-state index in [1.807, 2.05) is 11.8 Å². The van der Waals surface area contributed by atoms with Gasteiger partial charge in [-0.25, -0.2) is 18.7 Å². The number of rotatable bonds is 7. The molecular formula is C21H26F2N4O2. The van der Waals surface area contributed by atoms with Gasteiger partial charge in [-0.3, -0.25) is 4.79 Å². The number of piperazine rings is 1. The fourth-order valence-corrected chi connectivity index (χ4v) is 3.43. The lowest BCUT2D eigenvalue weighted by molar-refractivity contribution is -0.133. The second-order valence-electron chi connectivity index (χ2n) is 7.23. The largest absolute Gasteiger partial charge is 0.439 e. The number of hydrogen-bond donors (Lipinski definition) is 0. The maximum atomic E-state index is 13.4. The number of halogens is 2. The van der Waals surface area contributed by atoms with Crippen LogP contribution in [0.1, 0.15) is 39.5 Å². The smallest absolute Gasteiger partial charge is 0.224 e. The summed E-state index contributed by atoms with van der Waals surface area (Å²) in [6.07, 6.45) is 5.06. The molecule has 1 fully saturated rings. The van der Waals surface area contributed by atoms with Gasteiger partial charge in [0.2, 0.25) is 11.8 Å². The molecule has 1 aromatic heterocycles. The van der Waals surface area contributed by atoms with Crippen molar-refractivity contribution in [3.63, 3.8) is 0 Å². The monoisotopic (exact) mass is 404 g/mol. The maximum Gasteiger partial charge on any atom is 0.224 e. The molecule has 6 nitrogen and oxygen atoms in total. The molecule has 1 aliphatic rings. The van der Waals surface area contributed by atoms with Gasteiger partial charge in [0.15, 0.2) is 11.6 Å². The molecule has 0 unspecified atom stereocenters. The molecular weight excluding hydrogens is 378 g/mol. The van der Waals surface area contributed by atoms with E-state index in [9.17, 15) is 13.6 Å². The van der Waals surface area contributed by atoms with Gasteiger partial charge in [0, 0.05) is 44.2 Å². The quantitative estimate of drug-likeness (QED) is 0.649. The van der Waals surface area contributed by atoms with Crippen molar-refractivity contribution < 1.29 is 18.3 Å². The van der Waals surface area contributed by atoms with Crippen molar-refractivity contribution in [1.82, 2.24) is 14.9 Å². The van der Waals surface area contributed by atoms with Crippen molar-refractivity contribution in [1.29, 1.82) is 0 Å². The van der Waals surface area contributed by atoms with Crippen LogP contribution in [0.15, 0.2) is 30.6 Å². The van der Waals surface area contributed by atoms with Crippen molar-refractivity contribution in [2.45, 2.75) is 45.6 Å². The predicted octanol–water partition coefficient (Wildman–Crippen LogP) is 4.16. The summed E-state index contributed by atoms with van der Waals surface area (Å²) >= 11 is 0. The molecule has 29 heavy (non-hydrogen) atoms. The van der Waals surface area contributed by atoms with Gasteiger partial charge in [0.25, 0.3) is 0 Å². The summed E-state index contributed by atoms with van der Waals surface area (Å²) < 4.78 is 32.0. The van der Waals surface area contributed by atoms with E-state index in [2.05, 4.69) is 21.8 Å². The lowest BCUT2D eigenvalue weighted by atomic mass is 10.1. The van der Waals surface area contributed by atoms with Gasteiger partial charge >= 0.3 is 0 Å². The number of carbonyl (C=O) groups excluding carboxylic acids is 1. The molecule has 1 atom stereocenters. The molecule has 0 bridgehead atoms.